The Balaban J connectivity index is 1.99. The molecule has 1 aromatic heterocycles. The van der Waals surface area contributed by atoms with E-state index in [2.05, 4.69) is 45.9 Å². The fraction of sp³-hybridized carbons (Fsp3) is 0.583. The second-order valence-corrected chi connectivity index (χ2v) is 5.27. The summed E-state index contributed by atoms with van der Waals surface area (Å²) in [6, 6.07) is 2.64. The molecule has 2 unspecified atom stereocenters. The zero-order valence-electron chi connectivity index (χ0n) is 9.69. The highest BCUT2D eigenvalue weighted by molar-refractivity contribution is 9.10. The lowest BCUT2D eigenvalue weighted by Gasteiger charge is -2.26. The van der Waals surface area contributed by atoms with E-state index in [0.717, 1.165) is 24.0 Å². The van der Waals surface area contributed by atoms with Crippen LogP contribution in [0, 0.1) is 0 Å². The summed E-state index contributed by atoms with van der Waals surface area (Å²) in [7, 11) is 2.15. The van der Waals surface area contributed by atoms with E-state index in [1.54, 1.807) is 0 Å². The first-order valence-electron chi connectivity index (χ1n) is 5.58. The van der Waals surface area contributed by atoms with Gasteiger partial charge in [-0.1, -0.05) is 0 Å². The lowest BCUT2D eigenvalue weighted by molar-refractivity contribution is 0.0814. The van der Waals surface area contributed by atoms with Crippen molar-refractivity contribution in [1.29, 1.82) is 0 Å². The maximum absolute atomic E-state index is 5.58. The summed E-state index contributed by atoms with van der Waals surface area (Å²) in [6.07, 6.45) is 5.19. The van der Waals surface area contributed by atoms with Crippen LogP contribution in [-0.2, 0) is 11.3 Å². The first kappa shape index (κ1) is 12.0. The minimum absolute atomic E-state index is 0.338. The van der Waals surface area contributed by atoms with Crippen LogP contribution in [0.2, 0.25) is 0 Å². The van der Waals surface area contributed by atoms with Gasteiger partial charge in [-0.25, -0.2) is 0 Å². The number of aromatic nitrogens is 1. The second kappa shape index (κ2) is 5.25. The summed E-state index contributed by atoms with van der Waals surface area (Å²) in [5, 5.41) is 0. The molecule has 1 aliphatic heterocycles. The van der Waals surface area contributed by atoms with Gasteiger partial charge in [0.25, 0.3) is 0 Å². The molecule has 2 rings (SSSR count). The van der Waals surface area contributed by atoms with Gasteiger partial charge in [0.05, 0.1) is 6.10 Å². The monoisotopic (exact) mass is 284 g/mol. The highest BCUT2D eigenvalue weighted by atomic mass is 79.9. The first-order valence-corrected chi connectivity index (χ1v) is 6.37. The van der Waals surface area contributed by atoms with Crippen molar-refractivity contribution in [2.75, 3.05) is 13.7 Å². The molecule has 16 heavy (non-hydrogen) atoms. The molecular formula is C12H17BrN2O. The topological polar surface area (TPSA) is 25.4 Å². The molecule has 0 amide bonds. The van der Waals surface area contributed by atoms with E-state index in [1.807, 2.05) is 12.4 Å². The van der Waals surface area contributed by atoms with E-state index in [1.165, 1.54) is 5.56 Å². The van der Waals surface area contributed by atoms with Crippen molar-refractivity contribution in [3.63, 3.8) is 0 Å². The molecule has 0 aromatic carbocycles. The Morgan fingerprint density at radius 3 is 3.00 bits per heavy atom. The van der Waals surface area contributed by atoms with E-state index in [9.17, 15) is 0 Å². The third kappa shape index (κ3) is 2.81. The van der Waals surface area contributed by atoms with Gasteiger partial charge < -0.3 is 4.74 Å². The SMILES string of the molecule is CC1OCCC1N(C)Cc1cncc(Br)c1. The van der Waals surface area contributed by atoms with Crippen LogP contribution in [-0.4, -0.2) is 35.7 Å². The van der Waals surface area contributed by atoms with Gasteiger partial charge in [-0.3, -0.25) is 9.88 Å². The number of ether oxygens (including phenoxy) is 1. The molecule has 1 aromatic rings. The predicted molar refractivity (Wildman–Crippen MR) is 67.2 cm³/mol. The number of hydrogen-bond donors (Lipinski definition) is 0. The van der Waals surface area contributed by atoms with Crippen molar-refractivity contribution >= 4 is 15.9 Å². The number of hydrogen-bond acceptors (Lipinski definition) is 3. The van der Waals surface area contributed by atoms with Crippen molar-refractivity contribution < 1.29 is 4.74 Å². The van der Waals surface area contributed by atoms with Gasteiger partial charge in [-0.2, -0.15) is 0 Å². The molecule has 2 heterocycles. The van der Waals surface area contributed by atoms with Crippen LogP contribution >= 0.6 is 15.9 Å². The normalized spacial score (nSPS) is 25.2. The fourth-order valence-electron chi connectivity index (χ4n) is 2.25. The summed E-state index contributed by atoms with van der Waals surface area (Å²) < 4.78 is 6.62. The number of pyridine rings is 1. The molecule has 1 aliphatic rings. The van der Waals surface area contributed by atoms with Gasteiger partial charge in [0.1, 0.15) is 0 Å². The van der Waals surface area contributed by atoms with E-state index in [4.69, 9.17) is 4.74 Å². The third-order valence-corrected chi connectivity index (χ3v) is 3.53. The largest absolute Gasteiger partial charge is 0.377 e. The molecule has 0 saturated carbocycles. The molecule has 0 radical (unpaired) electrons. The zero-order valence-corrected chi connectivity index (χ0v) is 11.3. The fourth-order valence-corrected chi connectivity index (χ4v) is 2.66. The van der Waals surface area contributed by atoms with E-state index in [0.29, 0.717) is 12.1 Å². The molecule has 0 spiro atoms. The zero-order chi connectivity index (χ0) is 11.5. The van der Waals surface area contributed by atoms with Crippen LogP contribution in [0.1, 0.15) is 18.9 Å². The molecule has 4 heteroatoms. The van der Waals surface area contributed by atoms with Gasteiger partial charge in [0.15, 0.2) is 0 Å². The predicted octanol–water partition coefficient (Wildman–Crippen LogP) is 2.45. The molecular weight excluding hydrogens is 268 g/mol. The van der Waals surface area contributed by atoms with E-state index < -0.39 is 0 Å². The average molecular weight is 285 g/mol. The number of nitrogens with zero attached hydrogens (tertiary/aromatic N) is 2. The minimum atomic E-state index is 0.338. The lowest BCUT2D eigenvalue weighted by Crippen LogP contribution is -2.36. The van der Waals surface area contributed by atoms with Gasteiger partial charge in [-0.15, -0.1) is 0 Å². The quantitative estimate of drug-likeness (QED) is 0.853. The summed E-state index contributed by atoms with van der Waals surface area (Å²) >= 11 is 3.44. The van der Waals surface area contributed by atoms with Gasteiger partial charge in [0, 0.05) is 36.1 Å². The maximum Gasteiger partial charge on any atom is 0.0703 e. The lowest BCUT2D eigenvalue weighted by atomic mass is 10.1. The van der Waals surface area contributed by atoms with E-state index in [-0.39, 0.29) is 0 Å². The third-order valence-electron chi connectivity index (χ3n) is 3.10. The van der Waals surface area contributed by atoms with Crippen LogP contribution in [0.4, 0.5) is 0 Å². The Kier molecular flexibility index (Phi) is 3.95. The molecule has 0 aliphatic carbocycles. The van der Waals surface area contributed by atoms with Crippen LogP contribution in [0.5, 0.6) is 0 Å². The van der Waals surface area contributed by atoms with Gasteiger partial charge in [-0.05, 0) is 48.0 Å². The Labute approximate surface area is 105 Å². The van der Waals surface area contributed by atoms with Gasteiger partial charge >= 0.3 is 0 Å². The minimum Gasteiger partial charge on any atom is -0.377 e. The summed E-state index contributed by atoms with van der Waals surface area (Å²) in [6.45, 7) is 3.95. The van der Waals surface area contributed by atoms with Crippen LogP contribution < -0.4 is 0 Å². The molecule has 1 saturated heterocycles. The smallest absolute Gasteiger partial charge is 0.0703 e. The molecule has 1 fully saturated rings. The van der Waals surface area contributed by atoms with Crippen molar-refractivity contribution in [3.05, 3.63) is 28.5 Å². The van der Waals surface area contributed by atoms with Crippen LogP contribution in [0.25, 0.3) is 0 Å². The standard InChI is InChI=1S/C12H17BrN2O/c1-9-12(3-4-16-9)15(2)8-10-5-11(13)7-14-6-10/h5-7,9,12H,3-4,8H2,1-2H3. The molecule has 3 nitrogen and oxygen atoms in total. The van der Waals surface area contributed by atoms with Crippen molar-refractivity contribution in [2.45, 2.75) is 32.0 Å². The second-order valence-electron chi connectivity index (χ2n) is 4.36. The van der Waals surface area contributed by atoms with Crippen LogP contribution in [0.3, 0.4) is 0 Å². The highest BCUT2D eigenvalue weighted by Crippen LogP contribution is 2.20. The van der Waals surface area contributed by atoms with Crippen molar-refractivity contribution in [3.8, 4) is 0 Å². The average Bonchev–Trinajstić information content (AvgIpc) is 2.64. The Morgan fingerprint density at radius 2 is 2.38 bits per heavy atom. The Morgan fingerprint density at radius 1 is 1.56 bits per heavy atom. The first-order chi connectivity index (χ1) is 7.66. The van der Waals surface area contributed by atoms with Crippen molar-refractivity contribution in [1.82, 2.24) is 9.88 Å². The number of halogens is 1. The maximum atomic E-state index is 5.58. The van der Waals surface area contributed by atoms with Crippen LogP contribution in [0.15, 0.2) is 22.9 Å². The summed E-state index contributed by atoms with van der Waals surface area (Å²) in [4.78, 5) is 6.53. The van der Waals surface area contributed by atoms with Crippen molar-refractivity contribution in [2.24, 2.45) is 0 Å². The number of likely N-dealkylation sites (N-methyl/N-ethyl adjacent to an activating group) is 1. The Hall–Kier alpha value is -0.450. The molecule has 0 N–H and O–H groups in total. The highest BCUT2D eigenvalue weighted by Gasteiger charge is 2.27. The summed E-state index contributed by atoms with van der Waals surface area (Å²) in [5.74, 6) is 0. The Bertz CT molecular complexity index is 359. The molecule has 0 bridgehead atoms. The summed E-state index contributed by atoms with van der Waals surface area (Å²) in [5.41, 5.74) is 1.23. The van der Waals surface area contributed by atoms with E-state index >= 15 is 0 Å². The molecule has 88 valence electrons. The number of rotatable bonds is 3. The molecule has 2 atom stereocenters. The van der Waals surface area contributed by atoms with Gasteiger partial charge in [0.2, 0.25) is 0 Å².